The van der Waals surface area contributed by atoms with E-state index in [2.05, 4.69) is 4.99 Å². The first-order chi connectivity index (χ1) is 9.48. The van der Waals surface area contributed by atoms with Gasteiger partial charge in [0.05, 0.1) is 0 Å². The lowest BCUT2D eigenvalue weighted by Gasteiger charge is -2.18. The first kappa shape index (κ1) is 14.3. The highest BCUT2D eigenvalue weighted by molar-refractivity contribution is 5.98. The van der Waals surface area contributed by atoms with Crippen molar-refractivity contribution in [3.63, 3.8) is 0 Å². The van der Waals surface area contributed by atoms with E-state index in [4.69, 9.17) is 0 Å². The number of hydrogen-bond donors (Lipinski definition) is 0. The van der Waals surface area contributed by atoms with E-state index < -0.39 is 12.2 Å². The Morgan fingerprint density at radius 3 is 1.90 bits per heavy atom. The third-order valence-corrected chi connectivity index (χ3v) is 2.94. The molecule has 1 nitrogen and oxygen atoms in total. The van der Waals surface area contributed by atoms with Crippen molar-refractivity contribution in [2.45, 2.75) is 19.1 Å². The van der Waals surface area contributed by atoms with Gasteiger partial charge < -0.3 is 0 Å². The normalized spacial score (nSPS) is 14.1. The Morgan fingerprint density at radius 2 is 1.40 bits per heavy atom. The van der Waals surface area contributed by atoms with Gasteiger partial charge in [-0.05, 0) is 18.1 Å². The third kappa shape index (κ3) is 3.47. The van der Waals surface area contributed by atoms with Gasteiger partial charge in [0.25, 0.3) is 0 Å². The predicted molar refractivity (Wildman–Crippen MR) is 73.9 cm³/mol. The van der Waals surface area contributed by atoms with Crippen LogP contribution in [0.2, 0.25) is 0 Å². The van der Waals surface area contributed by atoms with Gasteiger partial charge in [-0.1, -0.05) is 60.7 Å². The molecular weight excluding hydrogens is 263 g/mol. The molecule has 0 saturated heterocycles. The maximum absolute atomic E-state index is 13.2. The molecule has 20 heavy (non-hydrogen) atoms. The molecule has 0 N–H and O–H groups in total. The monoisotopic (exact) mass is 277 g/mol. The fourth-order valence-corrected chi connectivity index (χ4v) is 1.92. The topological polar surface area (TPSA) is 12.4 Å². The van der Waals surface area contributed by atoms with Gasteiger partial charge in [0.15, 0.2) is 6.04 Å². The molecule has 0 bridgehead atoms. The lowest BCUT2D eigenvalue weighted by molar-refractivity contribution is -0.148. The SMILES string of the molecule is C/C(=N/[C@H](c1ccccc1)C(F)(F)F)c1ccccc1. The van der Waals surface area contributed by atoms with Crippen molar-refractivity contribution in [2.75, 3.05) is 0 Å². The van der Waals surface area contributed by atoms with E-state index in [0.29, 0.717) is 11.3 Å². The van der Waals surface area contributed by atoms with Crippen molar-refractivity contribution in [3.8, 4) is 0 Å². The van der Waals surface area contributed by atoms with Crippen LogP contribution in [0.5, 0.6) is 0 Å². The van der Waals surface area contributed by atoms with E-state index in [-0.39, 0.29) is 5.56 Å². The van der Waals surface area contributed by atoms with Crippen LogP contribution in [0, 0.1) is 0 Å². The number of benzene rings is 2. The number of nitrogens with zero attached hydrogens (tertiary/aromatic N) is 1. The Labute approximate surface area is 115 Å². The van der Waals surface area contributed by atoms with E-state index in [9.17, 15) is 13.2 Å². The van der Waals surface area contributed by atoms with Gasteiger partial charge in [-0.3, -0.25) is 4.99 Å². The molecule has 0 radical (unpaired) electrons. The molecule has 0 aliphatic carbocycles. The van der Waals surface area contributed by atoms with Gasteiger partial charge in [0, 0.05) is 5.71 Å². The quantitative estimate of drug-likeness (QED) is 0.715. The first-order valence-corrected chi connectivity index (χ1v) is 6.20. The summed E-state index contributed by atoms with van der Waals surface area (Å²) in [6.45, 7) is 1.59. The number of rotatable bonds is 3. The summed E-state index contributed by atoms with van der Waals surface area (Å²) in [4.78, 5) is 3.88. The summed E-state index contributed by atoms with van der Waals surface area (Å²) < 4.78 is 39.5. The minimum atomic E-state index is -4.41. The maximum Gasteiger partial charge on any atom is 0.414 e. The highest BCUT2D eigenvalue weighted by atomic mass is 19.4. The van der Waals surface area contributed by atoms with Crippen molar-refractivity contribution in [1.82, 2.24) is 0 Å². The second-order valence-electron chi connectivity index (χ2n) is 4.44. The van der Waals surface area contributed by atoms with E-state index in [1.54, 1.807) is 49.4 Å². The fraction of sp³-hybridized carbons (Fsp3) is 0.188. The van der Waals surface area contributed by atoms with Crippen molar-refractivity contribution in [1.29, 1.82) is 0 Å². The average Bonchev–Trinajstić information content (AvgIpc) is 2.45. The number of aliphatic imine (C=N–C) groups is 1. The number of halogens is 3. The Hall–Kier alpha value is -2.10. The molecule has 0 heterocycles. The van der Waals surface area contributed by atoms with Crippen LogP contribution in [0.25, 0.3) is 0 Å². The van der Waals surface area contributed by atoms with E-state index in [1.165, 1.54) is 12.1 Å². The molecule has 104 valence electrons. The van der Waals surface area contributed by atoms with Crippen LogP contribution in [0.15, 0.2) is 65.7 Å². The van der Waals surface area contributed by atoms with Gasteiger partial charge in [0.1, 0.15) is 0 Å². The second kappa shape index (κ2) is 5.90. The van der Waals surface area contributed by atoms with Crippen LogP contribution in [0.4, 0.5) is 13.2 Å². The lowest BCUT2D eigenvalue weighted by Crippen LogP contribution is -2.20. The van der Waals surface area contributed by atoms with E-state index in [0.717, 1.165) is 0 Å². The van der Waals surface area contributed by atoms with E-state index in [1.807, 2.05) is 6.07 Å². The summed E-state index contributed by atoms with van der Waals surface area (Å²) in [7, 11) is 0. The smallest absolute Gasteiger partial charge is 0.272 e. The molecule has 2 aromatic carbocycles. The van der Waals surface area contributed by atoms with Crippen molar-refractivity contribution in [3.05, 3.63) is 71.8 Å². The molecule has 2 aromatic rings. The third-order valence-electron chi connectivity index (χ3n) is 2.94. The van der Waals surface area contributed by atoms with E-state index >= 15 is 0 Å². The van der Waals surface area contributed by atoms with Gasteiger partial charge in [-0.15, -0.1) is 0 Å². The Bertz CT molecular complexity index is 574. The fourth-order valence-electron chi connectivity index (χ4n) is 1.92. The van der Waals surface area contributed by atoms with Crippen LogP contribution in [0.3, 0.4) is 0 Å². The molecule has 2 rings (SSSR count). The summed E-state index contributed by atoms with van der Waals surface area (Å²) in [6.07, 6.45) is -4.41. The maximum atomic E-state index is 13.2. The molecule has 0 aliphatic heterocycles. The van der Waals surface area contributed by atoms with Crippen molar-refractivity contribution in [2.24, 2.45) is 4.99 Å². The molecule has 0 saturated carbocycles. The predicted octanol–water partition coefficient (Wildman–Crippen LogP) is 4.80. The number of alkyl halides is 3. The minimum Gasteiger partial charge on any atom is -0.272 e. The van der Waals surface area contributed by atoms with Gasteiger partial charge in [0.2, 0.25) is 0 Å². The molecule has 1 atom stereocenters. The average molecular weight is 277 g/mol. The standard InChI is InChI=1S/C16H14F3N/c1-12(13-8-4-2-5-9-13)20-15(16(17,18)19)14-10-6-3-7-11-14/h2-11,15H,1H3/b20-12-/t15-/m1/s1. The lowest BCUT2D eigenvalue weighted by atomic mass is 10.1. The summed E-state index contributed by atoms with van der Waals surface area (Å²) in [5.41, 5.74) is 1.21. The highest BCUT2D eigenvalue weighted by Crippen LogP contribution is 2.36. The molecule has 0 spiro atoms. The van der Waals surface area contributed by atoms with Gasteiger partial charge >= 0.3 is 6.18 Å². The molecule has 0 aromatic heterocycles. The second-order valence-corrected chi connectivity index (χ2v) is 4.44. The van der Waals surface area contributed by atoms with Gasteiger partial charge in [-0.25, -0.2) is 0 Å². The Morgan fingerprint density at radius 1 is 0.900 bits per heavy atom. The minimum absolute atomic E-state index is 0.148. The molecule has 4 heteroatoms. The molecule has 0 aliphatic rings. The van der Waals surface area contributed by atoms with Crippen molar-refractivity contribution < 1.29 is 13.2 Å². The van der Waals surface area contributed by atoms with Crippen LogP contribution < -0.4 is 0 Å². The zero-order chi connectivity index (χ0) is 14.6. The number of hydrogen-bond acceptors (Lipinski definition) is 1. The van der Waals surface area contributed by atoms with Crippen molar-refractivity contribution >= 4 is 5.71 Å². The summed E-state index contributed by atoms with van der Waals surface area (Å²) in [5.74, 6) is 0. The van der Waals surface area contributed by atoms with Crippen LogP contribution >= 0.6 is 0 Å². The molecule has 0 fully saturated rings. The molecule has 0 amide bonds. The van der Waals surface area contributed by atoms with Gasteiger partial charge in [-0.2, -0.15) is 13.2 Å². The first-order valence-electron chi connectivity index (χ1n) is 6.20. The van der Waals surface area contributed by atoms with Crippen LogP contribution in [-0.2, 0) is 0 Å². The zero-order valence-electron chi connectivity index (χ0n) is 10.9. The summed E-state index contributed by atoms with van der Waals surface area (Å²) in [6, 6.07) is 14.8. The summed E-state index contributed by atoms with van der Waals surface area (Å²) >= 11 is 0. The zero-order valence-corrected chi connectivity index (χ0v) is 10.9. The molecular formula is C16H14F3N. The van der Waals surface area contributed by atoms with Crippen LogP contribution in [-0.4, -0.2) is 11.9 Å². The largest absolute Gasteiger partial charge is 0.414 e. The highest BCUT2D eigenvalue weighted by Gasteiger charge is 2.40. The van der Waals surface area contributed by atoms with Crippen LogP contribution in [0.1, 0.15) is 24.1 Å². The molecule has 0 unspecified atom stereocenters. The summed E-state index contributed by atoms with van der Waals surface area (Å²) in [5, 5.41) is 0. The Kier molecular flexibility index (Phi) is 4.23. The Balaban J connectivity index is 2.39.